The van der Waals surface area contributed by atoms with E-state index in [0.29, 0.717) is 5.88 Å². The Hall–Kier alpha value is -2.07. The van der Waals surface area contributed by atoms with E-state index in [1.165, 1.54) is 0 Å². The molecular formula is C17H22N2O2. The molecule has 112 valence electrons. The first-order chi connectivity index (χ1) is 10.1. The number of rotatable bonds is 6. The third kappa shape index (κ3) is 4.46. The van der Waals surface area contributed by atoms with E-state index in [9.17, 15) is 0 Å². The fourth-order valence-electron chi connectivity index (χ4n) is 2.11. The van der Waals surface area contributed by atoms with Gasteiger partial charge in [0.05, 0.1) is 13.2 Å². The lowest BCUT2D eigenvalue weighted by Crippen LogP contribution is -2.14. The van der Waals surface area contributed by atoms with Crippen LogP contribution < -0.4 is 15.2 Å². The van der Waals surface area contributed by atoms with Gasteiger partial charge in [-0.1, -0.05) is 18.2 Å². The summed E-state index contributed by atoms with van der Waals surface area (Å²) in [5, 5.41) is 0. The van der Waals surface area contributed by atoms with Gasteiger partial charge in [-0.15, -0.1) is 0 Å². The van der Waals surface area contributed by atoms with Crippen LogP contribution >= 0.6 is 0 Å². The first-order valence-corrected chi connectivity index (χ1v) is 7.09. The van der Waals surface area contributed by atoms with Crippen molar-refractivity contribution in [3.05, 3.63) is 53.7 Å². The van der Waals surface area contributed by atoms with Crippen molar-refractivity contribution in [3.8, 4) is 11.6 Å². The van der Waals surface area contributed by atoms with Gasteiger partial charge in [-0.25, -0.2) is 4.98 Å². The Bertz CT molecular complexity index is 567. The first kappa shape index (κ1) is 15.3. The second kappa shape index (κ2) is 7.09. The van der Waals surface area contributed by atoms with Crippen molar-refractivity contribution in [1.82, 2.24) is 4.98 Å². The van der Waals surface area contributed by atoms with E-state index in [-0.39, 0.29) is 12.1 Å². The zero-order valence-corrected chi connectivity index (χ0v) is 12.7. The van der Waals surface area contributed by atoms with Gasteiger partial charge < -0.3 is 15.2 Å². The van der Waals surface area contributed by atoms with E-state index in [2.05, 4.69) is 4.98 Å². The van der Waals surface area contributed by atoms with Crippen LogP contribution in [0.15, 0.2) is 42.6 Å². The highest BCUT2D eigenvalue weighted by molar-refractivity contribution is 5.32. The number of methoxy groups -OCH3 is 1. The van der Waals surface area contributed by atoms with Crippen LogP contribution in [0.25, 0.3) is 0 Å². The molecule has 21 heavy (non-hydrogen) atoms. The number of aromatic nitrogens is 1. The van der Waals surface area contributed by atoms with Gasteiger partial charge in [0.2, 0.25) is 5.88 Å². The zero-order valence-electron chi connectivity index (χ0n) is 12.7. The van der Waals surface area contributed by atoms with Gasteiger partial charge in [0, 0.05) is 18.3 Å². The lowest BCUT2D eigenvalue weighted by atomic mass is 10.0. The van der Waals surface area contributed by atoms with Crippen molar-refractivity contribution >= 4 is 0 Å². The van der Waals surface area contributed by atoms with Gasteiger partial charge in [0.15, 0.2) is 0 Å². The topological polar surface area (TPSA) is 57.4 Å². The highest BCUT2D eigenvalue weighted by Crippen LogP contribution is 2.22. The van der Waals surface area contributed by atoms with Gasteiger partial charge >= 0.3 is 0 Å². The Morgan fingerprint density at radius 3 is 2.62 bits per heavy atom. The van der Waals surface area contributed by atoms with E-state index in [4.69, 9.17) is 15.2 Å². The van der Waals surface area contributed by atoms with Gasteiger partial charge in [0.25, 0.3) is 0 Å². The van der Waals surface area contributed by atoms with Gasteiger partial charge in [-0.3, -0.25) is 0 Å². The summed E-state index contributed by atoms with van der Waals surface area (Å²) in [6.07, 6.45) is 2.68. The normalized spacial score (nSPS) is 12.2. The molecule has 4 nitrogen and oxygen atoms in total. The summed E-state index contributed by atoms with van der Waals surface area (Å²) in [7, 11) is 1.61. The molecule has 0 saturated heterocycles. The molecule has 2 aromatic rings. The Morgan fingerprint density at radius 1 is 1.19 bits per heavy atom. The van der Waals surface area contributed by atoms with Crippen molar-refractivity contribution in [3.63, 3.8) is 0 Å². The Labute approximate surface area is 125 Å². The first-order valence-electron chi connectivity index (χ1n) is 7.09. The molecule has 0 amide bonds. The smallest absolute Gasteiger partial charge is 0.212 e. The molecule has 1 aromatic heterocycles. The van der Waals surface area contributed by atoms with E-state index < -0.39 is 0 Å². The summed E-state index contributed by atoms with van der Waals surface area (Å²) in [6.45, 7) is 4.02. The fourth-order valence-corrected chi connectivity index (χ4v) is 2.11. The summed E-state index contributed by atoms with van der Waals surface area (Å²) in [5.74, 6) is 1.46. The van der Waals surface area contributed by atoms with Gasteiger partial charge in [-0.05, 0) is 43.5 Å². The average molecular weight is 286 g/mol. The summed E-state index contributed by atoms with van der Waals surface area (Å²) in [5.41, 5.74) is 8.42. The van der Waals surface area contributed by atoms with Crippen molar-refractivity contribution in [2.45, 2.75) is 32.4 Å². The molecule has 1 unspecified atom stereocenters. The second-order valence-corrected chi connectivity index (χ2v) is 5.26. The molecule has 0 radical (unpaired) electrons. The minimum absolute atomic E-state index is 0.0871. The molecule has 4 heteroatoms. The second-order valence-electron chi connectivity index (χ2n) is 5.26. The van der Waals surface area contributed by atoms with Crippen LogP contribution in [0.5, 0.6) is 11.6 Å². The Kier molecular flexibility index (Phi) is 5.17. The molecule has 1 atom stereocenters. The van der Waals surface area contributed by atoms with Crippen LogP contribution in [-0.2, 0) is 6.42 Å². The predicted molar refractivity (Wildman–Crippen MR) is 83.6 cm³/mol. The molecule has 2 N–H and O–H groups in total. The molecule has 0 saturated carbocycles. The SMILES string of the molecule is COc1ccc(CC(N)c2cccc(OC(C)C)c2)cn1. The maximum Gasteiger partial charge on any atom is 0.212 e. The van der Waals surface area contributed by atoms with Crippen LogP contribution in [0.2, 0.25) is 0 Å². The van der Waals surface area contributed by atoms with Crippen LogP contribution in [0.3, 0.4) is 0 Å². The van der Waals surface area contributed by atoms with E-state index in [1.807, 2.05) is 50.2 Å². The molecule has 0 aliphatic carbocycles. The van der Waals surface area contributed by atoms with Gasteiger partial charge in [-0.2, -0.15) is 0 Å². The lowest BCUT2D eigenvalue weighted by molar-refractivity contribution is 0.242. The van der Waals surface area contributed by atoms with Crippen LogP contribution in [0.4, 0.5) is 0 Å². The number of ether oxygens (including phenoxy) is 2. The standard InChI is InChI=1S/C17H22N2O2/c1-12(2)21-15-6-4-5-14(10-15)16(18)9-13-7-8-17(20-3)19-11-13/h4-8,10-12,16H,9,18H2,1-3H3. The quantitative estimate of drug-likeness (QED) is 0.886. The summed E-state index contributed by atoms with van der Waals surface area (Å²) >= 11 is 0. The van der Waals surface area contributed by atoms with E-state index in [1.54, 1.807) is 13.3 Å². The van der Waals surface area contributed by atoms with Crippen LogP contribution in [0, 0.1) is 0 Å². The Morgan fingerprint density at radius 2 is 2.00 bits per heavy atom. The van der Waals surface area contributed by atoms with Crippen molar-refractivity contribution in [2.24, 2.45) is 5.73 Å². The third-order valence-corrected chi connectivity index (χ3v) is 3.12. The highest BCUT2D eigenvalue weighted by Gasteiger charge is 2.09. The maximum absolute atomic E-state index is 6.28. The monoisotopic (exact) mass is 286 g/mol. The van der Waals surface area contributed by atoms with E-state index >= 15 is 0 Å². The lowest BCUT2D eigenvalue weighted by Gasteiger charge is -2.15. The number of benzene rings is 1. The van der Waals surface area contributed by atoms with Gasteiger partial charge in [0.1, 0.15) is 5.75 Å². The number of nitrogens with two attached hydrogens (primary N) is 1. The average Bonchev–Trinajstić information content (AvgIpc) is 2.47. The molecule has 1 aromatic carbocycles. The van der Waals surface area contributed by atoms with Crippen LogP contribution in [-0.4, -0.2) is 18.2 Å². The van der Waals surface area contributed by atoms with Crippen LogP contribution in [0.1, 0.15) is 31.0 Å². The fraction of sp³-hybridized carbons (Fsp3) is 0.353. The maximum atomic E-state index is 6.28. The predicted octanol–water partition coefficient (Wildman–Crippen LogP) is 3.12. The molecular weight excluding hydrogens is 264 g/mol. The van der Waals surface area contributed by atoms with Crippen molar-refractivity contribution < 1.29 is 9.47 Å². The molecule has 0 aliphatic heterocycles. The minimum Gasteiger partial charge on any atom is -0.491 e. The molecule has 2 rings (SSSR count). The highest BCUT2D eigenvalue weighted by atomic mass is 16.5. The Balaban J connectivity index is 2.06. The molecule has 0 bridgehead atoms. The number of nitrogens with zero attached hydrogens (tertiary/aromatic N) is 1. The molecule has 0 fully saturated rings. The third-order valence-electron chi connectivity index (χ3n) is 3.12. The molecule has 0 aliphatic rings. The molecule has 0 spiro atoms. The summed E-state index contributed by atoms with van der Waals surface area (Å²) in [6, 6.07) is 11.7. The van der Waals surface area contributed by atoms with Crippen molar-refractivity contribution in [2.75, 3.05) is 7.11 Å². The number of hydrogen-bond acceptors (Lipinski definition) is 4. The zero-order chi connectivity index (χ0) is 15.2. The largest absolute Gasteiger partial charge is 0.491 e. The summed E-state index contributed by atoms with van der Waals surface area (Å²) in [4.78, 5) is 4.20. The van der Waals surface area contributed by atoms with E-state index in [0.717, 1.165) is 23.3 Å². The number of hydrogen-bond donors (Lipinski definition) is 1. The number of pyridine rings is 1. The minimum atomic E-state index is -0.0871. The molecule has 1 heterocycles. The van der Waals surface area contributed by atoms with Crippen molar-refractivity contribution in [1.29, 1.82) is 0 Å². The summed E-state index contributed by atoms with van der Waals surface area (Å²) < 4.78 is 10.8.